The summed E-state index contributed by atoms with van der Waals surface area (Å²) in [5, 5.41) is 0. The summed E-state index contributed by atoms with van der Waals surface area (Å²) in [6, 6.07) is 0. The van der Waals surface area contributed by atoms with Crippen molar-refractivity contribution in [1.29, 1.82) is 0 Å². The van der Waals surface area contributed by atoms with E-state index in [0.717, 1.165) is 9.24 Å². The van der Waals surface area contributed by atoms with Gasteiger partial charge >= 0.3 is 5.66 Å². The third-order valence-electron chi connectivity index (χ3n) is 0.291. The molecule has 5 heteroatoms. The molecule has 0 saturated carbocycles. The molecule has 0 aromatic heterocycles. The smallest absolute Gasteiger partial charge is 0.223 e. The van der Waals surface area contributed by atoms with Crippen LogP contribution in [0.25, 0.3) is 0 Å². The molecule has 44 valence electrons. The third kappa shape index (κ3) is 3.12. The molecule has 0 rings (SSSR count). The maximum Gasteiger partial charge on any atom is 0.303 e. The quantitative estimate of drug-likeness (QED) is 0.396. The van der Waals surface area contributed by atoms with Crippen molar-refractivity contribution in [3.63, 3.8) is 0 Å². The predicted octanol–water partition coefficient (Wildman–Crippen LogP) is 1.99. The van der Waals surface area contributed by atoms with E-state index in [4.69, 9.17) is 0 Å². The van der Waals surface area contributed by atoms with Crippen molar-refractivity contribution in [3.05, 3.63) is 0 Å². The molecule has 0 aromatic carbocycles. The summed E-state index contributed by atoms with van der Waals surface area (Å²) in [6.07, 6.45) is 0. The average molecular weight is 150 g/mol. The Morgan fingerprint density at radius 3 is 1.71 bits per heavy atom. The Hall–Kier alpha value is 0.510. The van der Waals surface area contributed by atoms with Crippen LogP contribution in [0, 0.1) is 0 Å². The molecule has 7 heavy (non-hydrogen) atoms. The lowest BCUT2D eigenvalue weighted by molar-refractivity contribution is 0.0525. The molecule has 0 nitrogen and oxygen atoms in total. The molecule has 2 atom stereocenters. The molecule has 0 aliphatic rings. The van der Waals surface area contributed by atoms with Crippen molar-refractivity contribution in [3.8, 4) is 0 Å². The van der Waals surface area contributed by atoms with Gasteiger partial charge < -0.3 is 0 Å². The normalized spacial score (nSPS) is 16.7. The molecule has 0 radical (unpaired) electrons. The summed E-state index contributed by atoms with van der Waals surface area (Å²) in [6.45, 7) is 0. The fourth-order valence-corrected chi connectivity index (χ4v) is 0. The second-order valence-corrected chi connectivity index (χ2v) is 2.13. The highest BCUT2D eigenvalue weighted by atomic mass is 35.5. The van der Waals surface area contributed by atoms with Crippen molar-refractivity contribution in [1.82, 2.24) is 0 Å². The maximum atomic E-state index is 11.3. The molecule has 2 unspecified atom stereocenters. The van der Waals surface area contributed by atoms with Gasteiger partial charge in [0, 0.05) is 0 Å². The molecule has 0 saturated heterocycles. The fraction of sp³-hybridized carbons (Fsp3) is 1.00. The molecule has 0 amide bonds. The zero-order chi connectivity index (χ0) is 6.08. The summed E-state index contributed by atoms with van der Waals surface area (Å²) in [5.41, 5.74) is -6.08. The Bertz CT molecular complexity index is 58.4. The first-order chi connectivity index (χ1) is 2.94. The van der Waals surface area contributed by atoms with Crippen LogP contribution in [-0.2, 0) is 0 Å². The Morgan fingerprint density at radius 2 is 1.71 bits per heavy atom. The van der Waals surface area contributed by atoms with E-state index in [1.165, 1.54) is 0 Å². The summed E-state index contributed by atoms with van der Waals surface area (Å²) in [5.74, 6) is 0. The average Bonchev–Trinajstić information content (AvgIpc) is 1.31. The van der Waals surface area contributed by atoms with Gasteiger partial charge in [0.05, 0.1) is 0 Å². The van der Waals surface area contributed by atoms with Crippen molar-refractivity contribution in [2.45, 2.75) is 11.3 Å². The SMILES string of the molecule is FC(Cl)C(F)(F)P. The molecular formula is C2H3ClF3P. The third-order valence-corrected chi connectivity index (χ3v) is 1.09. The highest BCUT2D eigenvalue weighted by molar-refractivity contribution is 7.18. The molecule has 0 fully saturated rings. The van der Waals surface area contributed by atoms with Crippen LogP contribution in [0.15, 0.2) is 0 Å². The van der Waals surface area contributed by atoms with Gasteiger partial charge in [0.25, 0.3) is 0 Å². The summed E-state index contributed by atoms with van der Waals surface area (Å²) >= 11 is 4.32. The minimum atomic E-state index is -3.48. The van der Waals surface area contributed by atoms with E-state index < -0.39 is 11.3 Å². The van der Waals surface area contributed by atoms with Crippen molar-refractivity contribution in [2.24, 2.45) is 0 Å². The van der Waals surface area contributed by atoms with Gasteiger partial charge in [-0.1, -0.05) is 20.8 Å². The van der Waals surface area contributed by atoms with Crippen LogP contribution in [-0.4, -0.2) is 11.3 Å². The zero-order valence-corrected chi connectivity index (χ0v) is 5.08. The Kier molecular flexibility index (Phi) is 2.34. The fourth-order valence-electron chi connectivity index (χ4n) is 0. The summed E-state index contributed by atoms with van der Waals surface area (Å²) in [7, 11) is 0.991. The standard InChI is InChI=1S/C2H3ClF3P/c3-1(4)2(5,6)7/h1H,7H2. The minimum Gasteiger partial charge on any atom is -0.223 e. The van der Waals surface area contributed by atoms with Crippen molar-refractivity contribution < 1.29 is 13.2 Å². The van der Waals surface area contributed by atoms with Crippen LogP contribution in [0.5, 0.6) is 0 Å². The van der Waals surface area contributed by atoms with Crippen molar-refractivity contribution >= 4 is 20.8 Å². The number of alkyl halides is 4. The molecule has 0 aliphatic heterocycles. The van der Waals surface area contributed by atoms with Crippen LogP contribution in [0.3, 0.4) is 0 Å². The van der Waals surface area contributed by atoms with E-state index in [-0.39, 0.29) is 0 Å². The topological polar surface area (TPSA) is 0 Å². The van der Waals surface area contributed by atoms with E-state index >= 15 is 0 Å². The van der Waals surface area contributed by atoms with Gasteiger partial charge in [-0.2, -0.15) is 8.78 Å². The molecular weight excluding hydrogens is 147 g/mol. The molecule has 0 aromatic rings. The van der Waals surface area contributed by atoms with Gasteiger partial charge in [0.2, 0.25) is 5.63 Å². The number of rotatable bonds is 1. The highest BCUT2D eigenvalue weighted by Gasteiger charge is 2.32. The van der Waals surface area contributed by atoms with E-state index in [1.807, 2.05) is 0 Å². The lowest BCUT2D eigenvalue weighted by Gasteiger charge is -2.06. The predicted molar refractivity (Wildman–Crippen MR) is 25.4 cm³/mol. The lowest BCUT2D eigenvalue weighted by atomic mass is 10.8. The largest absolute Gasteiger partial charge is 0.303 e. The molecule has 0 spiro atoms. The number of hydrogen-bond donors (Lipinski definition) is 0. The number of halogens is 4. The summed E-state index contributed by atoms with van der Waals surface area (Å²) < 4.78 is 33.8. The van der Waals surface area contributed by atoms with Gasteiger partial charge in [-0.15, -0.1) is 0 Å². The second kappa shape index (κ2) is 2.19. The van der Waals surface area contributed by atoms with Gasteiger partial charge in [0.1, 0.15) is 0 Å². The van der Waals surface area contributed by atoms with E-state index in [1.54, 1.807) is 0 Å². The highest BCUT2D eigenvalue weighted by Crippen LogP contribution is 2.30. The Morgan fingerprint density at radius 1 is 1.57 bits per heavy atom. The first kappa shape index (κ1) is 7.51. The maximum absolute atomic E-state index is 11.3. The van der Waals surface area contributed by atoms with Gasteiger partial charge in [-0.25, -0.2) is 4.39 Å². The van der Waals surface area contributed by atoms with Crippen LogP contribution in [0.2, 0.25) is 0 Å². The van der Waals surface area contributed by atoms with Crippen LogP contribution in [0.4, 0.5) is 13.2 Å². The van der Waals surface area contributed by atoms with Gasteiger partial charge in [-0.3, -0.25) is 0 Å². The zero-order valence-electron chi connectivity index (χ0n) is 3.17. The Balaban J connectivity index is 3.54. The van der Waals surface area contributed by atoms with Crippen LogP contribution >= 0.6 is 20.8 Å². The van der Waals surface area contributed by atoms with E-state index in [2.05, 4.69) is 11.6 Å². The van der Waals surface area contributed by atoms with Crippen LogP contribution in [0.1, 0.15) is 0 Å². The molecule has 0 aliphatic carbocycles. The first-order valence-corrected chi connectivity index (χ1v) is 2.41. The number of hydrogen-bond acceptors (Lipinski definition) is 0. The monoisotopic (exact) mass is 150 g/mol. The molecule has 0 bridgehead atoms. The molecule has 0 heterocycles. The first-order valence-electron chi connectivity index (χ1n) is 1.39. The Labute approximate surface area is 46.2 Å². The molecule has 0 N–H and O–H groups in total. The lowest BCUT2D eigenvalue weighted by Crippen LogP contribution is -2.15. The van der Waals surface area contributed by atoms with Gasteiger partial charge in [-0.05, 0) is 0 Å². The summed E-state index contributed by atoms with van der Waals surface area (Å²) in [4.78, 5) is 0. The van der Waals surface area contributed by atoms with E-state index in [0.29, 0.717) is 0 Å². The van der Waals surface area contributed by atoms with E-state index in [9.17, 15) is 13.2 Å². The van der Waals surface area contributed by atoms with Crippen molar-refractivity contribution in [2.75, 3.05) is 0 Å². The minimum absolute atomic E-state index is 0.991. The van der Waals surface area contributed by atoms with Gasteiger partial charge in [0.15, 0.2) is 0 Å². The van der Waals surface area contributed by atoms with Crippen LogP contribution < -0.4 is 0 Å². The second-order valence-electron chi connectivity index (χ2n) is 0.975.